The van der Waals surface area contributed by atoms with Gasteiger partial charge in [0.2, 0.25) is 0 Å². The molecule has 2 aliphatic rings. The first kappa shape index (κ1) is 14.0. The average Bonchev–Trinajstić information content (AvgIpc) is 2.71. The van der Waals surface area contributed by atoms with Gasteiger partial charge in [0.25, 0.3) is 6.29 Å². The van der Waals surface area contributed by atoms with Crippen LogP contribution in [-0.2, 0) is 6.42 Å². The van der Waals surface area contributed by atoms with E-state index < -0.39 is 0 Å². The van der Waals surface area contributed by atoms with Crippen molar-refractivity contribution in [3.05, 3.63) is 89.5 Å². The minimum absolute atomic E-state index is 0.336. The number of benzene rings is 4. The fourth-order valence-electron chi connectivity index (χ4n) is 4.13. The monoisotopic (exact) mass is 336 g/mol. The van der Waals surface area contributed by atoms with E-state index in [0.29, 0.717) is 0 Å². The van der Waals surface area contributed by atoms with Crippen molar-refractivity contribution in [2.24, 2.45) is 0 Å². The quantitative estimate of drug-likeness (QED) is 0.408. The van der Waals surface area contributed by atoms with Gasteiger partial charge in [-0.15, -0.1) is 0 Å². The van der Waals surface area contributed by atoms with Crippen LogP contribution in [0.5, 0.6) is 11.5 Å². The summed E-state index contributed by atoms with van der Waals surface area (Å²) in [6.45, 7) is 0. The largest absolute Gasteiger partial charge is 0.451 e. The third kappa shape index (κ3) is 1.93. The Kier molecular flexibility index (Phi) is 2.75. The Morgan fingerprint density at radius 3 is 2.15 bits per heavy atom. The molecule has 0 amide bonds. The first-order chi connectivity index (χ1) is 12.9. The van der Waals surface area contributed by atoms with Gasteiger partial charge in [-0.2, -0.15) is 0 Å². The second-order valence-electron chi connectivity index (χ2n) is 6.93. The highest BCUT2D eigenvalue weighted by atomic mass is 16.7. The first-order valence-corrected chi connectivity index (χ1v) is 8.93. The Bertz CT molecular complexity index is 1220. The lowest BCUT2D eigenvalue weighted by Crippen LogP contribution is -2.33. The van der Waals surface area contributed by atoms with Gasteiger partial charge in [-0.3, -0.25) is 0 Å². The van der Waals surface area contributed by atoms with Gasteiger partial charge in [0.15, 0.2) is 0 Å². The molecule has 0 N–H and O–H groups in total. The summed E-state index contributed by atoms with van der Waals surface area (Å²) in [5.74, 6) is 1.82. The summed E-state index contributed by atoms with van der Waals surface area (Å²) in [7, 11) is 0. The van der Waals surface area contributed by atoms with Crippen LogP contribution in [-0.4, -0.2) is 6.29 Å². The van der Waals surface area contributed by atoms with Gasteiger partial charge in [-0.05, 0) is 39.8 Å². The van der Waals surface area contributed by atoms with Crippen LogP contribution in [0.4, 0.5) is 0 Å². The maximum absolute atomic E-state index is 6.22. The summed E-state index contributed by atoms with van der Waals surface area (Å²) in [6, 6.07) is 25.3. The predicted octanol–water partition coefficient (Wildman–Crippen LogP) is 5.73. The molecule has 0 fully saturated rings. The molecule has 2 nitrogen and oxygen atoms in total. The zero-order valence-corrected chi connectivity index (χ0v) is 14.1. The van der Waals surface area contributed by atoms with E-state index in [0.717, 1.165) is 23.5 Å². The Morgan fingerprint density at radius 2 is 1.31 bits per heavy atom. The number of fused-ring (bicyclic) bond motifs is 7. The minimum atomic E-state index is -0.336. The molecule has 26 heavy (non-hydrogen) atoms. The van der Waals surface area contributed by atoms with Crippen LogP contribution in [0.3, 0.4) is 0 Å². The SMILES string of the molecule is C1=C2Cc3c(ccc4ccccc34)OC2Oc2ccc3ccccc3c21. The molecule has 0 spiro atoms. The van der Waals surface area contributed by atoms with E-state index in [4.69, 9.17) is 9.47 Å². The highest BCUT2D eigenvalue weighted by Gasteiger charge is 2.31. The van der Waals surface area contributed by atoms with E-state index in [2.05, 4.69) is 72.8 Å². The van der Waals surface area contributed by atoms with Crippen LogP contribution in [0.1, 0.15) is 11.1 Å². The molecule has 2 aliphatic heterocycles. The molecule has 0 radical (unpaired) electrons. The zero-order chi connectivity index (χ0) is 17.1. The number of hydrogen-bond acceptors (Lipinski definition) is 2. The third-order valence-corrected chi connectivity index (χ3v) is 5.41. The Hall–Kier alpha value is -3.26. The maximum atomic E-state index is 6.22. The van der Waals surface area contributed by atoms with Gasteiger partial charge in [-0.25, -0.2) is 0 Å². The predicted molar refractivity (Wildman–Crippen MR) is 105 cm³/mol. The number of ether oxygens (including phenoxy) is 2. The van der Waals surface area contributed by atoms with Crippen LogP contribution >= 0.6 is 0 Å². The van der Waals surface area contributed by atoms with Gasteiger partial charge in [0.05, 0.1) is 0 Å². The molecule has 2 heterocycles. The Labute approximate surface area is 151 Å². The third-order valence-electron chi connectivity index (χ3n) is 5.41. The number of rotatable bonds is 0. The van der Waals surface area contributed by atoms with Gasteiger partial charge in [-0.1, -0.05) is 60.7 Å². The molecule has 1 unspecified atom stereocenters. The minimum Gasteiger partial charge on any atom is -0.451 e. The van der Waals surface area contributed by atoms with E-state index in [-0.39, 0.29) is 6.29 Å². The molecule has 2 heteroatoms. The Balaban J connectivity index is 1.55. The molecular weight excluding hydrogens is 320 g/mol. The summed E-state index contributed by atoms with van der Waals surface area (Å²) in [6.07, 6.45) is 2.78. The average molecular weight is 336 g/mol. The molecule has 4 aromatic rings. The second kappa shape index (κ2) is 5.12. The number of hydrogen-bond donors (Lipinski definition) is 0. The maximum Gasteiger partial charge on any atom is 0.264 e. The topological polar surface area (TPSA) is 18.5 Å². The molecule has 1 atom stereocenters. The lowest BCUT2D eigenvalue weighted by molar-refractivity contribution is 0.0265. The van der Waals surface area contributed by atoms with Crippen molar-refractivity contribution in [3.63, 3.8) is 0 Å². The fourth-order valence-corrected chi connectivity index (χ4v) is 4.13. The molecule has 4 aromatic carbocycles. The van der Waals surface area contributed by atoms with Crippen LogP contribution in [0.15, 0.2) is 78.4 Å². The lowest BCUT2D eigenvalue weighted by Gasteiger charge is -2.33. The van der Waals surface area contributed by atoms with Gasteiger partial charge in [0, 0.05) is 23.1 Å². The molecule has 0 saturated carbocycles. The van der Waals surface area contributed by atoms with E-state index in [9.17, 15) is 0 Å². The molecule has 124 valence electrons. The van der Waals surface area contributed by atoms with E-state index in [1.807, 2.05) is 6.07 Å². The molecule has 0 bridgehead atoms. The van der Waals surface area contributed by atoms with Crippen molar-refractivity contribution >= 4 is 27.6 Å². The van der Waals surface area contributed by atoms with Crippen molar-refractivity contribution in [2.75, 3.05) is 0 Å². The van der Waals surface area contributed by atoms with Crippen molar-refractivity contribution in [2.45, 2.75) is 12.7 Å². The van der Waals surface area contributed by atoms with Gasteiger partial charge < -0.3 is 9.47 Å². The molecule has 0 aliphatic carbocycles. The highest BCUT2D eigenvalue weighted by molar-refractivity contribution is 5.94. The van der Waals surface area contributed by atoms with E-state index >= 15 is 0 Å². The Morgan fingerprint density at radius 1 is 0.654 bits per heavy atom. The second-order valence-corrected chi connectivity index (χ2v) is 6.93. The molecule has 6 rings (SSSR count). The lowest BCUT2D eigenvalue weighted by atomic mass is 9.91. The fraction of sp³-hybridized carbons (Fsp3) is 0.0833. The van der Waals surface area contributed by atoms with Crippen LogP contribution < -0.4 is 9.47 Å². The summed E-state index contributed by atoms with van der Waals surface area (Å²) >= 11 is 0. The summed E-state index contributed by atoms with van der Waals surface area (Å²) in [5.41, 5.74) is 3.58. The van der Waals surface area contributed by atoms with Crippen molar-refractivity contribution < 1.29 is 9.47 Å². The van der Waals surface area contributed by atoms with Crippen LogP contribution in [0.25, 0.3) is 27.6 Å². The first-order valence-electron chi connectivity index (χ1n) is 8.93. The molecular formula is C24H16O2. The summed E-state index contributed by atoms with van der Waals surface area (Å²) in [4.78, 5) is 0. The summed E-state index contributed by atoms with van der Waals surface area (Å²) < 4.78 is 12.4. The molecule has 0 aromatic heterocycles. The smallest absolute Gasteiger partial charge is 0.264 e. The van der Waals surface area contributed by atoms with Crippen molar-refractivity contribution in [3.8, 4) is 11.5 Å². The zero-order valence-electron chi connectivity index (χ0n) is 14.1. The van der Waals surface area contributed by atoms with Crippen molar-refractivity contribution in [1.29, 1.82) is 0 Å². The highest BCUT2D eigenvalue weighted by Crippen LogP contribution is 2.42. The van der Waals surface area contributed by atoms with Crippen LogP contribution in [0.2, 0.25) is 0 Å². The van der Waals surface area contributed by atoms with Gasteiger partial charge in [0.1, 0.15) is 11.5 Å². The van der Waals surface area contributed by atoms with E-state index in [1.54, 1.807) is 0 Å². The normalized spacial score (nSPS) is 17.5. The summed E-state index contributed by atoms with van der Waals surface area (Å²) in [5, 5.41) is 4.96. The van der Waals surface area contributed by atoms with Crippen molar-refractivity contribution in [1.82, 2.24) is 0 Å². The van der Waals surface area contributed by atoms with Crippen LogP contribution in [0, 0.1) is 0 Å². The van der Waals surface area contributed by atoms with E-state index in [1.165, 1.54) is 32.7 Å². The standard InChI is InChI=1S/C24H16O2/c1-3-7-18-15(5-1)9-11-22-20(18)13-17-14-21-19-8-4-2-6-16(19)10-12-23(21)26-24(17)25-22/h1-13,24H,14H2. The van der Waals surface area contributed by atoms with Gasteiger partial charge >= 0.3 is 0 Å². The molecule has 0 saturated heterocycles.